The number of ether oxygens (including phenoxy) is 2. The van der Waals surface area contributed by atoms with Gasteiger partial charge in [-0.2, -0.15) is 0 Å². The van der Waals surface area contributed by atoms with Crippen molar-refractivity contribution in [2.45, 2.75) is 70.0 Å². The highest BCUT2D eigenvalue weighted by molar-refractivity contribution is 5.70. The first-order chi connectivity index (χ1) is 9.64. The predicted octanol–water partition coefficient (Wildman–Crippen LogP) is 3.62. The highest BCUT2D eigenvalue weighted by atomic mass is 16.5. The molecule has 0 aromatic carbocycles. The number of carbonyl (C=O) groups excluding carboxylic acids is 1. The van der Waals surface area contributed by atoms with E-state index < -0.39 is 0 Å². The van der Waals surface area contributed by atoms with Crippen LogP contribution in [0.25, 0.3) is 0 Å². The maximum atomic E-state index is 11.8. The number of rotatable bonds is 2. The van der Waals surface area contributed by atoms with Gasteiger partial charge in [-0.25, -0.2) is 0 Å². The SMILES string of the molecule is COC(=O)C[C@]1(C)O[C@@H]2CCCC[C@H]2C2=CCCC[C@H]21. The molecule has 1 heterocycles. The molecule has 112 valence electrons. The smallest absolute Gasteiger partial charge is 0.308 e. The Morgan fingerprint density at radius 2 is 2.15 bits per heavy atom. The van der Waals surface area contributed by atoms with Crippen LogP contribution < -0.4 is 0 Å². The van der Waals surface area contributed by atoms with Crippen molar-refractivity contribution < 1.29 is 14.3 Å². The topological polar surface area (TPSA) is 35.5 Å². The second-order valence-electron chi connectivity index (χ2n) is 6.80. The lowest BCUT2D eigenvalue weighted by atomic mass is 9.64. The van der Waals surface area contributed by atoms with Gasteiger partial charge in [-0.1, -0.05) is 24.5 Å². The molecule has 0 amide bonds. The lowest BCUT2D eigenvalue weighted by molar-refractivity contribution is -0.181. The van der Waals surface area contributed by atoms with Crippen molar-refractivity contribution in [3.63, 3.8) is 0 Å². The third-order valence-electron chi connectivity index (χ3n) is 5.49. The van der Waals surface area contributed by atoms with Crippen molar-refractivity contribution in [1.82, 2.24) is 0 Å². The number of hydrogen-bond acceptors (Lipinski definition) is 3. The molecule has 1 aliphatic heterocycles. The summed E-state index contributed by atoms with van der Waals surface area (Å²) in [5, 5.41) is 0. The molecule has 1 saturated heterocycles. The molecule has 0 N–H and O–H groups in total. The first-order valence-electron chi connectivity index (χ1n) is 8.08. The standard InChI is InChI=1S/C17H26O3/c1-17(11-16(18)19-2)14-9-5-3-7-12(14)13-8-4-6-10-15(13)20-17/h7,13-15H,3-6,8-11H2,1-2H3/t13-,14+,15+,17-/m0/s1. The monoisotopic (exact) mass is 278 g/mol. The maximum Gasteiger partial charge on any atom is 0.308 e. The van der Waals surface area contributed by atoms with E-state index in [2.05, 4.69) is 13.0 Å². The summed E-state index contributed by atoms with van der Waals surface area (Å²) < 4.78 is 11.4. The van der Waals surface area contributed by atoms with Crippen LogP contribution in [0.5, 0.6) is 0 Å². The molecule has 0 radical (unpaired) electrons. The fraction of sp³-hybridized carbons (Fsp3) is 0.824. The van der Waals surface area contributed by atoms with E-state index in [-0.39, 0.29) is 11.6 Å². The summed E-state index contributed by atoms with van der Waals surface area (Å²) in [7, 11) is 1.47. The van der Waals surface area contributed by atoms with Gasteiger partial charge in [-0.3, -0.25) is 4.79 Å². The van der Waals surface area contributed by atoms with E-state index in [4.69, 9.17) is 9.47 Å². The number of hydrogen-bond donors (Lipinski definition) is 0. The molecule has 0 unspecified atom stereocenters. The van der Waals surface area contributed by atoms with E-state index in [1.165, 1.54) is 39.2 Å². The van der Waals surface area contributed by atoms with Crippen molar-refractivity contribution in [1.29, 1.82) is 0 Å². The predicted molar refractivity (Wildman–Crippen MR) is 77.3 cm³/mol. The van der Waals surface area contributed by atoms with Gasteiger partial charge in [0.15, 0.2) is 0 Å². The van der Waals surface area contributed by atoms with Crippen molar-refractivity contribution >= 4 is 5.97 Å². The third kappa shape index (κ3) is 2.41. The molecule has 3 rings (SSSR count). The summed E-state index contributed by atoms with van der Waals surface area (Å²) >= 11 is 0. The van der Waals surface area contributed by atoms with E-state index in [0.717, 1.165) is 12.8 Å². The summed E-state index contributed by atoms with van der Waals surface area (Å²) in [6.07, 6.45) is 11.7. The van der Waals surface area contributed by atoms with Crippen molar-refractivity contribution in [2.75, 3.05) is 7.11 Å². The molecule has 1 saturated carbocycles. The molecule has 0 aromatic rings. The van der Waals surface area contributed by atoms with Crippen LogP contribution in [-0.4, -0.2) is 24.8 Å². The van der Waals surface area contributed by atoms with Crippen molar-refractivity contribution in [3.05, 3.63) is 11.6 Å². The number of carbonyl (C=O) groups is 1. The molecule has 20 heavy (non-hydrogen) atoms. The van der Waals surface area contributed by atoms with Crippen molar-refractivity contribution in [2.24, 2.45) is 11.8 Å². The van der Waals surface area contributed by atoms with Crippen molar-refractivity contribution in [3.8, 4) is 0 Å². The van der Waals surface area contributed by atoms with Gasteiger partial charge in [0.05, 0.1) is 25.2 Å². The molecule has 0 bridgehead atoms. The summed E-state index contributed by atoms with van der Waals surface area (Å²) in [6.45, 7) is 2.12. The molecular weight excluding hydrogens is 252 g/mol. The minimum atomic E-state index is -0.363. The zero-order valence-corrected chi connectivity index (χ0v) is 12.7. The van der Waals surface area contributed by atoms with Gasteiger partial charge in [0.2, 0.25) is 0 Å². The molecule has 3 heteroatoms. The van der Waals surface area contributed by atoms with Gasteiger partial charge >= 0.3 is 5.97 Å². The van der Waals surface area contributed by atoms with Crippen LogP contribution in [0.3, 0.4) is 0 Å². The normalized spacial score (nSPS) is 40.3. The molecule has 0 spiro atoms. The van der Waals surface area contributed by atoms with Gasteiger partial charge in [0.25, 0.3) is 0 Å². The van der Waals surface area contributed by atoms with Crippen LogP contribution in [0.2, 0.25) is 0 Å². The number of esters is 1. The maximum absolute atomic E-state index is 11.8. The van der Waals surface area contributed by atoms with Gasteiger partial charge in [-0.05, 0) is 39.0 Å². The van der Waals surface area contributed by atoms with Gasteiger partial charge in [0.1, 0.15) is 0 Å². The average Bonchev–Trinajstić information content (AvgIpc) is 2.47. The lowest BCUT2D eigenvalue weighted by Crippen LogP contribution is -2.53. The summed E-state index contributed by atoms with van der Waals surface area (Å²) in [5.74, 6) is 0.876. The zero-order chi connectivity index (χ0) is 14.2. The second kappa shape index (κ2) is 5.51. The largest absolute Gasteiger partial charge is 0.469 e. The summed E-state index contributed by atoms with van der Waals surface area (Å²) in [6, 6.07) is 0. The fourth-order valence-electron chi connectivity index (χ4n) is 4.54. The molecule has 4 atom stereocenters. The van der Waals surface area contributed by atoms with E-state index >= 15 is 0 Å². The first-order valence-corrected chi connectivity index (χ1v) is 8.08. The Balaban J connectivity index is 1.89. The van der Waals surface area contributed by atoms with Gasteiger partial charge in [-0.15, -0.1) is 0 Å². The van der Waals surface area contributed by atoms with Crippen LogP contribution >= 0.6 is 0 Å². The Bertz CT molecular complexity index is 414. The van der Waals surface area contributed by atoms with Gasteiger partial charge in [0, 0.05) is 11.8 Å². The molecule has 3 aliphatic rings. The number of methoxy groups -OCH3 is 1. The van der Waals surface area contributed by atoms with E-state index in [1.54, 1.807) is 5.57 Å². The van der Waals surface area contributed by atoms with Crippen LogP contribution in [0, 0.1) is 11.8 Å². The lowest BCUT2D eigenvalue weighted by Gasteiger charge is -2.52. The minimum Gasteiger partial charge on any atom is -0.469 e. The van der Waals surface area contributed by atoms with Crippen LogP contribution in [0.1, 0.15) is 58.3 Å². The Kier molecular flexibility index (Phi) is 3.89. The average molecular weight is 278 g/mol. The third-order valence-corrected chi connectivity index (χ3v) is 5.49. The Morgan fingerprint density at radius 1 is 1.35 bits per heavy atom. The van der Waals surface area contributed by atoms with E-state index in [1.807, 2.05) is 0 Å². The highest BCUT2D eigenvalue weighted by Gasteiger charge is 2.50. The number of allylic oxidation sites excluding steroid dienone is 1. The molecule has 0 aromatic heterocycles. The molecule has 2 fully saturated rings. The summed E-state index contributed by atoms with van der Waals surface area (Å²) in [4.78, 5) is 11.8. The van der Waals surface area contributed by atoms with E-state index in [9.17, 15) is 4.79 Å². The minimum absolute atomic E-state index is 0.147. The van der Waals surface area contributed by atoms with Crippen LogP contribution in [-0.2, 0) is 14.3 Å². The second-order valence-corrected chi connectivity index (χ2v) is 6.80. The Morgan fingerprint density at radius 3 is 2.95 bits per heavy atom. The number of fused-ring (bicyclic) bond motifs is 3. The molecule has 3 nitrogen and oxygen atoms in total. The Labute approximate surface area is 121 Å². The zero-order valence-electron chi connectivity index (χ0n) is 12.7. The highest BCUT2D eigenvalue weighted by Crippen LogP contribution is 2.51. The van der Waals surface area contributed by atoms with Gasteiger partial charge < -0.3 is 9.47 Å². The molecular formula is C17H26O3. The molecule has 2 aliphatic carbocycles. The van der Waals surface area contributed by atoms with Crippen LogP contribution in [0.15, 0.2) is 11.6 Å². The fourth-order valence-corrected chi connectivity index (χ4v) is 4.54. The quantitative estimate of drug-likeness (QED) is 0.571. The Hall–Kier alpha value is -0.830. The van der Waals surface area contributed by atoms with Crippen LogP contribution in [0.4, 0.5) is 0 Å². The summed E-state index contributed by atoms with van der Waals surface area (Å²) in [5.41, 5.74) is 1.23. The van der Waals surface area contributed by atoms with E-state index in [0.29, 0.717) is 24.4 Å². The first kappa shape index (κ1) is 14.1.